The van der Waals surface area contributed by atoms with E-state index in [0.717, 1.165) is 0 Å². The SMILES string of the molecule is CCOC(=O)Nc1ccc(-c2c(C#N)c3ccc(OC(F)(F)F)cc3n2CC)cc1. The Balaban J connectivity index is 2.06. The third kappa shape index (κ3) is 4.33. The van der Waals surface area contributed by atoms with Crippen molar-refractivity contribution in [1.29, 1.82) is 5.26 Å². The molecule has 2 aromatic carbocycles. The van der Waals surface area contributed by atoms with Crippen molar-refractivity contribution in [3.63, 3.8) is 0 Å². The van der Waals surface area contributed by atoms with Crippen LogP contribution >= 0.6 is 0 Å². The van der Waals surface area contributed by atoms with E-state index in [9.17, 15) is 23.2 Å². The molecule has 1 aromatic heterocycles. The first-order chi connectivity index (χ1) is 14.3. The summed E-state index contributed by atoms with van der Waals surface area (Å²) in [5.74, 6) is -0.354. The number of amides is 1. The normalized spacial score (nSPS) is 11.2. The molecule has 3 aromatic rings. The molecule has 1 N–H and O–H groups in total. The average Bonchev–Trinajstić information content (AvgIpc) is 3.00. The maximum atomic E-state index is 12.6. The van der Waals surface area contributed by atoms with Gasteiger partial charge in [0.15, 0.2) is 0 Å². The maximum absolute atomic E-state index is 12.6. The van der Waals surface area contributed by atoms with Gasteiger partial charge in [0.2, 0.25) is 0 Å². The quantitative estimate of drug-likeness (QED) is 0.581. The summed E-state index contributed by atoms with van der Waals surface area (Å²) < 4.78 is 48.4. The summed E-state index contributed by atoms with van der Waals surface area (Å²) in [4.78, 5) is 11.5. The largest absolute Gasteiger partial charge is 0.573 e. The maximum Gasteiger partial charge on any atom is 0.573 e. The second kappa shape index (κ2) is 8.37. The molecule has 0 saturated carbocycles. The van der Waals surface area contributed by atoms with Gasteiger partial charge in [-0.25, -0.2) is 4.79 Å². The first-order valence-electron chi connectivity index (χ1n) is 9.13. The summed E-state index contributed by atoms with van der Waals surface area (Å²) >= 11 is 0. The average molecular weight is 417 g/mol. The van der Waals surface area contributed by atoms with Crippen LogP contribution < -0.4 is 10.1 Å². The van der Waals surface area contributed by atoms with Gasteiger partial charge in [0.25, 0.3) is 0 Å². The molecule has 1 amide bonds. The third-order valence-corrected chi connectivity index (χ3v) is 4.38. The number of nitrogens with zero attached hydrogens (tertiary/aromatic N) is 2. The molecule has 30 heavy (non-hydrogen) atoms. The molecule has 1 heterocycles. The number of aromatic nitrogens is 1. The first-order valence-corrected chi connectivity index (χ1v) is 9.13. The van der Waals surface area contributed by atoms with Crippen LogP contribution in [0.1, 0.15) is 19.4 Å². The Morgan fingerprint density at radius 1 is 1.17 bits per heavy atom. The van der Waals surface area contributed by atoms with E-state index >= 15 is 0 Å². The summed E-state index contributed by atoms with van der Waals surface area (Å²) in [7, 11) is 0. The monoisotopic (exact) mass is 417 g/mol. The highest BCUT2D eigenvalue weighted by Crippen LogP contribution is 2.36. The zero-order valence-corrected chi connectivity index (χ0v) is 16.2. The fourth-order valence-electron chi connectivity index (χ4n) is 3.26. The minimum Gasteiger partial charge on any atom is -0.450 e. The van der Waals surface area contributed by atoms with Crippen LogP contribution in [-0.4, -0.2) is 23.6 Å². The van der Waals surface area contributed by atoms with E-state index < -0.39 is 12.5 Å². The van der Waals surface area contributed by atoms with E-state index in [1.807, 2.05) is 6.92 Å². The highest BCUT2D eigenvalue weighted by molar-refractivity contribution is 5.95. The number of hydrogen-bond donors (Lipinski definition) is 1. The molecule has 0 aliphatic carbocycles. The molecule has 6 nitrogen and oxygen atoms in total. The molecule has 0 atom stereocenters. The topological polar surface area (TPSA) is 76.3 Å². The van der Waals surface area contributed by atoms with Crippen LogP contribution in [-0.2, 0) is 11.3 Å². The molecule has 0 fully saturated rings. The molecule has 0 aliphatic rings. The predicted octanol–water partition coefficient (Wildman–Crippen LogP) is 5.67. The fourth-order valence-corrected chi connectivity index (χ4v) is 3.26. The Morgan fingerprint density at radius 2 is 1.87 bits per heavy atom. The highest BCUT2D eigenvalue weighted by atomic mass is 19.4. The van der Waals surface area contributed by atoms with Crippen molar-refractivity contribution in [2.75, 3.05) is 11.9 Å². The number of anilines is 1. The second-order valence-electron chi connectivity index (χ2n) is 6.23. The Kier molecular flexibility index (Phi) is 5.87. The zero-order valence-electron chi connectivity index (χ0n) is 16.2. The van der Waals surface area contributed by atoms with Crippen LogP contribution in [0.5, 0.6) is 5.75 Å². The Labute approximate surface area is 170 Å². The lowest BCUT2D eigenvalue weighted by Gasteiger charge is -2.11. The molecule has 3 rings (SSSR count). The summed E-state index contributed by atoms with van der Waals surface area (Å²) in [6.07, 6.45) is -5.39. The third-order valence-electron chi connectivity index (χ3n) is 4.38. The van der Waals surface area contributed by atoms with E-state index in [1.165, 1.54) is 18.2 Å². The van der Waals surface area contributed by atoms with E-state index in [-0.39, 0.29) is 12.4 Å². The van der Waals surface area contributed by atoms with E-state index in [1.54, 1.807) is 35.8 Å². The van der Waals surface area contributed by atoms with E-state index in [0.29, 0.717) is 40.0 Å². The number of carbonyl (C=O) groups excluding carboxylic acids is 1. The lowest BCUT2D eigenvalue weighted by Crippen LogP contribution is -2.17. The van der Waals surface area contributed by atoms with E-state index in [4.69, 9.17) is 4.74 Å². The molecule has 0 unspecified atom stereocenters. The highest BCUT2D eigenvalue weighted by Gasteiger charge is 2.31. The Morgan fingerprint density at radius 3 is 2.43 bits per heavy atom. The number of benzene rings is 2. The van der Waals surface area contributed by atoms with E-state index in [2.05, 4.69) is 16.1 Å². The van der Waals surface area contributed by atoms with Gasteiger partial charge in [0, 0.05) is 23.7 Å². The van der Waals surface area contributed by atoms with Crippen molar-refractivity contribution in [3.8, 4) is 23.1 Å². The number of fused-ring (bicyclic) bond motifs is 1. The second-order valence-corrected chi connectivity index (χ2v) is 6.23. The molecule has 0 bridgehead atoms. The van der Waals surface area contributed by atoms with Crippen molar-refractivity contribution in [1.82, 2.24) is 4.57 Å². The Hall–Kier alpha value is -3.67. The van der Waals surface area contributed by atoms with Crippen LogP contribution in [0.3, 0.4) is 0 Å². The lowest BCUT2D eigenvalue weighted by atomic mass is 10.1. The van der Waals surface area contributed by atoms with Gasteiger partial charge in [-0.15, -0.1) is 13.2 Å². The summed E-state index contributed by atoms with van der Waals surface area (Å²) in [6, 6.07) is 12.8. The molecule has 0 spiro atoms. The van der Waals surface area contributed by atoms with Crippen molar-refractivity contribution in [2.45, 2.75) is 26.8 Å². The smallest absolute Gasteiger partial charge is 0.450 e. The summed E-state index contributed by atoms with van der Waals surface area (Å²) in [5.41, 5.74) is 2.56. The summed E-state index contributed by atoms with van der Waals surface area (Å²) in [5, 5.41) is 12.8. The van der Waals surface area contributed by atoms with Crippen LogP contribution in [0.4, 0.5) is 23.7 Å². The minimum absolute atomic E-state index is 0.242. The molecular weight excluding hydrogens is 399 g/mol. The number of rotatable bonds is 5. The van der Waals surface area contributed by atoms with Crippen LogP contribution in [0.2, 0.25) is 0 Å². The van der Waals surface area contributed by atoms with Gasteiger partial charge in [-0.05, 0) is 43.7 Å². The van der Waals surface area contributed by atoms with Crippen molar-refractivity contribution in [2.24, 2.45) is 0 Å². The number of ether oxygens (including phenoxy) is 2. The number of aryl methyl sites for hydroxylation is 1. The molecule has 0 saturated heterocycles. The van der Waals surface area contributed by atoms with Crippen LogP contribution in [0, 0.1) is 11.3 Å². The summed E-state index contributed by atoms with van der Waals surface area (Å²) in [6.45, 7) is 4.19. The van der Waals surface area contributed by atoms with Gasteiger partial charge in [-0.2, -0.15) is 5.26 Å². The number of hydrogen-bond acceptors (Lipinski definition) is 4. The lowest BCUT2D eigenvalue weighted by molar-refractivity contribution is -0.274. The zero-order chi connectivity index (χ0) is 21.9. The first kappa shape index (κ1) is 21.0. The molecular formula is C21H18F3N3O3. The van der Waals surface area contributed by atoms with Gasteiger partial charge in [-0.3, -0.25) is 5.32 Å². The number of alkyl halides is 3. The molecule has 0 radical (unpaired) electrons. The van der Waals surface area contributed by atoms with Crippen LogP contribution in [0.15, 0.2) is 42.5 Å². The molecule has 0 aliphatic heterocycles. The van der Waals surface area contributed by atoms with Gasteiger partial charge >= 0.3 is 12.5 Å². The van der Waals surface area contributed by atoms with Gasteiger partial charge < -0.3 is 14.0 Å². The Bertz CT molecular complexity index is 1110. The molecule has 9 heteroatoms. The minimum atomic E-state index is -4.81. The number of nitrogens with one attached hydrogen (secondary N) is 1. The van der Waals surface area contributed by atoms with Crippen molar-refractivity contribution in [3.05, 3.63) is 48.0 Å². The van der Waals surface area contributed by atoms with Crippen molar-refractivity contribution >= 4 is 22.7 Å². The standard InChI is InChI=1S/C21H18F3N3O3/c1-3-27-18-11-15(30-21(22,23)24)9-10-16(18)17(12-25)19(27)13-5-7-14(8-6-13)26-20(28)29-4-2/h5-11H,3-4H2,1-2H3,(H,26,28). The predicted molar refractivity (Wildman–Crippen MR) is 105 cm³/mol. The van der Waals surface area contributed by atoms with Gasteiger partial charge in [-0.1, -0.05) is 12.1 Å². The molecule has 156 valence electrons. The number of nitriles is 1. The fraction of sp³-hybridized carbons (Fsp3) is 0.238. The van der Waals surface area contributed by atoms with Crippen LogP contribution in [0.25, 0.3) is 22.2 Å². The number of halogens is 3. The van der Waals surface area contributed by atoms with Gasteiger partial charge in [0.1, 0.15) is 11.8 Å². The number of carbonyl (C=O) groups is 1. The van der Waals surface area contributed by atoms with Crippen molar-refractivity contribution < 1.29 is 27.4 Å². The van der Waals surface area contributed by atoms with Gasteiger partial charge in [0.05, 0.1) is 23.4 Å².